The number of methoxy groups -OCH3 is 1. The molecule has 0 heterocycles. The van der Waals surface area contributed by atoms with E-state index in [4.69, 9.17) is 15.2 Å². The quantitative estimate of drug-likeness (QED) is 0.601. The summed E-state index contributed by atoms with van der Waals surface area (Å²) >= 11 is 0. The molecule has 0 aromatic heterocycles. The molecule has 0 radical (unpaired) electrons. The van der Waals surface area contributed by atoms with Crippen molar-refractivity contribution in [2.24, 2.45) is 11.7 Å². The molecule has 5 nitrogen and oxygen atoms in total. The summed E-state index contributed by atoms with van der Waals surface area (Å²) in [7, 11) is 3.37. The predicted octanol–water partition coefficient (Wildman–Crippen LogP) is 0.481. The number of hydrogen-bond donors (Lipinski definition) is 1. The van der Waals surface area contributed by atoms with Gasteiger partial charge in [0.05, 0.1) is 13.2 Å². The van der Waals surface area contributed by atoms with Crippen molar-refractivity contribution in [3.8, 4) is 0 Å². The lowest BCUT2D eigenvalue weighted by Gasteiger charge is -2.21. The van der Waals surface area contributed by atoms with Gasteiger partial charge in [0.1, 0.15) is 6.61 Å². The van der Waals surface area contributed by atoms with E-state index in [1.165, 1.54) is 0 Å². The highest BCUT2D eigenvalue weighted by atomic mass is 16.5. The van der Waals surface area contributed by atoms with Crippen molar-refractivity contribution < 1.29 is 14.3 Å². The molecule has 0 spiro atoms. The molecule has 0 fully saturated rings. The van der Waals surface area contributed by atoms with Gasteiger partial charge in [-0.3, -0.25) is 4.79 Å². The Bertz CT molecular complexity index is 210. The van der Waals surface area contributed by atoms with Crippen LogP contribution in [0.2, 0.25) is 0 Å². The molecular weight excluding hydrogens is 220 g/mol. The summed E-state index contributed by atoms with van der Waals surface area (Å²) in [5.41, 5.74) is 5.92. The third kappa shape index (κ3) is 8.12. The molecule has 0 rings (SSSR count). The standard InChI is InChI=1S/C12H26N2O3/c1-10(2)11(13)5-6-14(3)12(15)9-17-8-7-16-4/h10-11H,5-9,13H2,1-4H3. The molecule has 1 unspecified atom stereocenters. The molecular formula is C12H26N2O3. The van der Waals surface area contributed by atoms with Crippen LogP contribution in [-0.2, 0) is 14.3 Å². The topological polar surface area (TPSA) is 64.8 Å². The van der Waals surface area contributed by atoms with Crippen LogP contribution in [-0.4, -0.2) is 57.4 Å². The van der Waals surface area contributed by atoms with Crippen LogP contribution >= 0.6 is 0 Å². The van der Waals surface area contributed by atoms with Gasteiger partial charge >= 0.3 is 0 Å². The Morgan fingerprint density at radius 2 is 2.00 bits per heavy atom. The molecule has 0 saturated carbocycles. The number of carbonyl (C=O) groups is 1. The minimum atomic E-state index is -0.0166. The second-order valence-corrected chi connectivity index (χ2v) is 4.56. The number of hydrogen-bond acceptors (Lipinski definition) is 4. The number of likely N-dealkylation sites (N-methyl/N-ethyl adjacent to an activating group) is 1. The van der Waals surface area contributed by atoms with Crippen molar-refractivity contribution in [3.63, 3.8) is 0 Å². The van der Waals surface area contributed by atoms with E-state index in [0.29, 0.717) is 25.7 Å². The average Bonchev–Trinajstić information content (AvgIpc) is 2.30. The Hall–Kier alpha value is -0.650. The molecule has 0 aromatic rings. The molecule has 0 bridgehead atoms. The number of amides is 1. The van der Waals surface area contributed by atoms with E-state index in [2.05, 4.69) is 13.8 Å². The second-order valence-electron chi connectivity index (χ2n) is 4.56. The smallest absolute Gasteiger partial charge is 0.248 e. The van der Waals surface area contributed by atoms with Crippen LogP contribution < -0.4 is 5.73 Å². The van der Waals surface area contributed by atoms with Crippen LogP contribution in [0.5, 0.6) is 0 Å². The van der Waals surface area contributed by atoms with Crippen molar-refractivity contribution in [1.29, 1.82) is 0 Å². The SMILES string of the molecule is COCCOCC(=O)N(C)CCC(N)C(C)C. The lowest BCUT2D eigenvalue weighted by Crippen LogP contribution is -2.36. The van der Waals surface area contributed by atoms with E-state index in [-0.39, 0.29) is 18.6 Å². The van der Waals surface area contributed by atoms with E-state index >= 15 is 0 Å². The van der Waals surface area contributed by atoms with Crippen LogP contribution in [0.3, 0.4) is 0 Å². The zero-order valence-electron chi connectivity index (χ0n) is 11.4. The van der Waals surface area contributed by atoms with Gasteiger partial charge in [-0.15, -0.1) is 0 Å². The number of carbonyl (C=O) groups excluding carboxylic acids is 1. The van der Waals surface area contributed by atoms with Gasteiger partial charge in [-0.25, -0.2) is 0 Å². The lowest BCUT2D eigenvalue weighted by atomic mass is 10.0. The van der Waals surface area contributed by atoms with E-state index in [1.54, 1.807) is 19.1 Å². The Labute approximate surface area is 104 Å². The van der Waals surface area contributed by atoms with Gasteiger partial charge in [0.15, 0.2) is 0 Å². The number of rotatable bonds is 9. The first-order valence-corrected chi connectivity index (χ1v) is 6.05. The first kappa shape index (κ1) is 16.4. The Kier molecular flexibility index (Phi) is 9.03. The van der Waals surface area contributed by atoms with Crippen LogP contribution in [0.4, 0.5) is 0 Å². The highest BCUT2D eigenvalue weighted by Crippen LogP contribution is 2.03. The molecule has 0 aromatic carbocycles. The number of ether oxygens (including phenoxy) is 2. The zero-order chi connectivity index (χ0) is 13.3. The predicted molar refractivity (Wildman–Crippen MR) is 67.8 cm³/mol. The Morgan fingerprint density at radius 3 is 2.53 bits per heavy atom. The highest BCUT2D eigenvalue weighted by Gasteiger charge is 2.12. The minimum absolute atomic E-state index is 0.0166. The van der Waals surface area contributed by atoms with Gasteiger partial charge in [0.2, 0.25) is 5.91 Å². The first-order valence-electron chi connectivity index (χ1n) is 6.05. The van der Waals surface area contributed by atoms with Crippen LogP contribution in [0.25, 0.3) is 0 Å². The lowest BCUT2D eigenvalue weighted by molar-refractivity contribution is -0.135. The molecule has 0 aliphatic heterocycles. The van der Waals surface area contributed by atoms with E-state index < -0.39 is 0 Å². The maximum absolute atomic E-state index is 11.6. The molecule has 102 valence electrons. The third-order valence-electron chi connectivity index (χ3n) is 2.74. The molecule has 17 heavy (non-hydrogen) atoms. The van der Waals surface area contributed by atoms with Crippen LogP contribution in [0.15, 0.2) is 0 Å². The number of nitrogens with two attached hydrogens (primary N) is 1. The largest absolute Gasteiger partial charge is 0.382 e. The fraction of sp³-hybridized carbons (Fsp3) is 0.917. The van der Waals surface area contributed by atoms with Crippen molar-refractivity contribution in [3.05, 3.63) is 0 Å². The molecule has 1 amide bonds. The maximum Gasteiger partial charge on any atom is 0.248 e. The molecule has 0 saturated heterocycles. The minimum Gasteiger partial charge on any atom is -0.382 e. The van der Waals surface area contributed by atoms with Crippen molar-refractivity contribution in [2.75, 3.05) is 40.5 Å². The molecule has 5 heteroatoms. The first-order chi connectivity index (χ1) is 7.99. The molecule has 0 aliphatic carbocycles. The normalized spacial score (nSPS) is 12.8. The monoisotopic (exact) mass is 246 g/mol. The van der Waals surface area contributed by atoms with Crippen molar-refractivity contribution >= 4 is 5.91 Å². The second kappa shape index (κ2) is 9.39. The Balaban J connectivity index is 3.67. The van der Waals surface area contributed by atoms with Crippen molar-refractivity contribution in [1.82, 2.24) is 4.90 Å². The summed E-state index contributed by atoms with van der Waals surface area (Å²) in [4.78, 5) is 13.3. The molecule has 1 atom stereocenters. The van der Waals surface area contributed by atoms with Crippen LogP contribution in [0, 0.1) is 5.92 Å². The van der Waals surface area contributed by atoms with E-state index in [1.807, 2.05) is 0 Å². The summed E-state index contributed by atoms with van der Waals surface area (Å²) in [6.45, 7) is 5.90. The van der Waals surface area contributed by atoms with Gasteiger partial charge in [0, 0.05) is 26.7 Å². The molecule has 2 N–H and O–H groups in total. The van der Waals surface area contributed by atoms with Crippen molar-refractivity contribution in [2.45, 2.75) is 26.3 Å². The van der Waals surface area contributed by atoms with Gasteiger partial charge in [-0.05, 0) is 12.3 Å². The summed E-state index contributed by atoms with van der Waals surface area (Å²) < 4.78 is 9.99. The third-order valence-corrected chi connectivity index (χ3v) is 2.74. The molecule has 0 aliphatic rings. The number of nitrogens with zero attached hydrogens (tertiary/aromatic N) is 1. The van der Waals surface area contributed by atoms with Crippen LogP contribution in [0.1, 0.15) is 20.3 Å². The van der Waals surface area contributed by atoms with E-state index in [9.17, 15) is 4.79 Å². The fourth-order valence-electron chi connectivity index (χ4n) is 1.21. The fourth-order valence-corrected chi connectivity index (χ4v) is 1.21. The van der Waals surface area contributed by atoms with Gasteiger partial charge in [-0.1, -0.05) is 13.8 Å². The highest BCUT2D eigenvalue weighted by molar-refractivity contribution is 5.77. The van der Waals surface area contributed by atoms with Gasteiger partial charge < -0.3 is 20.1 Å². The summed E-state index contributed by atoms with van der Waals surface area (Å²) in [5, 5.41) is 0. The van der Waals surface area contributed by atoms with Gasteiger partial charge in [0.25, 0.3) is 0 Å². The maximum atomic E-state index is 11.6. The Morgan fingerprint density at radius 1 is 1.35 bits per heavy atom. The van der Waals surface area contributed by atoms with E-state index in [0.717, 1.165) is 6.42 Å². The summed E-state index contributed by atoms with van der Waals surface area (Å²) in [6.07, 6.45) is 0.817. The van der Waals surface area contributed by atoms with Gasteiger partial charge in [-0.2, -0.15) is 0 Å². The summed E-state index contributed by atoms with van der Waals surface area (Å²) in [5.74, 6) is 0.425. The average molecular weight is 246 g/mol. The zero-order valence-corrected chi connectivity index (χ0v) is 11.4. The summed E-state index contributed by atoms with van der Waals surface area (Å²) in [6, 6.07) is 0.139.